The summed E-state index contributed by atoms with van der Waals surface area (Å²) in [5.74, 6) is 2.35. The zero-order chi connectivity index (χ0) is 20.8. The van der Waals surface area contributed by atoms with E-state index in [1.807, 2.05) is 19.1 Å². The van der Waals surface area contributed by atoms with Gasteiger partial charge in [0.15, 0.2) is 0 Å². The van der Waals surface area contributed by atoms with Gasteiger partial charge in [0.25, 0.3) is 0 Å². The number of hydrogen-bond donors (Lipinski definition) is 0. The van der Waals surface area contributed by atoms with Crippen LogP contribution >= 0.6 is 11.6 Å². The third kappa shape index (κ3) is 5.67. The van der Waals surface area contributed by atoms with Crippen LogP contribution in [0.25, 0.3) is 22.4 Å². The molecule has 1 saturated heterocycles. The normalized spacial score (nSPS) is 16.8. The van der Waals surface area contributed by atoms with E-state index in [9.17, 15) is 4.79 Å². The van der Waals surface area contributed by atoms with E-state index in [4.69, 9.17) is 20.5 Å². The Morgan fingerprint density at radius 3 is 2.72 bits per heavy atom. The summed E-state index contributed by atoms with van der Waals surface area (Å²) in [6, 6.07) is 8.90. The van der Waals surface area contributed by atoms with E-state index in [0.717, 1.165) is 41.7 Å². The summed E-state index contributed by atoms with van der Waals surface area (Å²) in [6.07, 6.45) is 4.77. The molecular weight excluding hydrogens is 390 g/mol. The molecule has 1 aliphatic heterocycles. The summed E-state index contributed by atoms with van der Waals surface area (Å²) in [5, 5.41) is 4.87. The Kier molecular flexibility index (Phi) is 7.45. The molecule has 2 aromatic heterocycles. The Labute approximate surface area is 176 Å². The molecule has 0 amide bonds. The largest absolute Gasteiger partial charge is 0.461 e. The van der Waals surface area contributed by atoms with Gasteiger partial charge in [-0.3, -0.25) is 4.79 Å². The molecule has 0 unspecified atom stereocenters. The molecule has 0 spiro atoms. The first-order valence-electron chi connectivity index (χ1n) is 10.3. The number of likely N-dealkylation sites (tertiary alicyclic amines) is 1. The van der Waals surface area contributed by atoms with Gasteiger partial charge in [0, 0.05) is 42.8 Å². The van der Waals surface area contributed by atoms with Crippen LogP contribution in [0.15, 0.2) is 33.2 Å². The molecule has 0 aliphatic carbocycles. The number of halogens is 1. The number of benzene rings is 1. The summed E-state index contributed by atoms with van der Waals surface area (Å²) in [7, 11) is 0. The minimum Gasteiger partial charge on any atom is -0.461 e. The van der Waals surface area contributed by atoms with Crippen molar-refractivity contribution in [3.05, 3.63) is 35.9 Å². The third-order valence-corrected chi connectivity index (χ3v) is 5.48. The molecule has 3 heterocycles. The monoisotopic (exact) mass is 417 g/mol. The number of rotatable bonds is 6. The molecule has 0 N–H and O–H groups in total. The lowest BCUT2D eigenvalue weighted by Crippen LogP contribution is -2.28. The number of aromatic nitrogens is 2. The molecular formula is C22H28ClN3O3. The van der Waals surface area contributed by atoms with Crippen molar-refractivity contribution in [2.75, 3.05) is 13.1 Å². The highest BCUT2D eigenvalue weighted by Gasteiger charge is 2.20. The van der Waals surface area contributed by atoms with E-state index in [0.29, 0.717) is 24.2 Å². The van der Waals surface area contributed by atoms with Crippen LogP contribution in [0.1, 0.15) is 51.7 Å². The Balaban J connectivity index is 0.000000431. The number of aryl methyl sites for hydroxylation is 1. The van der Waals surface area contributed by atoms with Crippen LogP contribution in [0.5, 0.6) is 0 Å². The van der Waals surface area contributed by atoms with Crippen molar-refractivity contribution < 1.29 is 13.7 Å². The van der Waals surface area contributed by atoms with E-state index < -0.39 is 0 Å². The highest BCUT2D eigenvalue weighted by atomic mass is 35.5. The maximum atomic E-state index is 9.58. The Morgan fingerprint density at radius 2 is 2.10 bits per heavy atom. The highest BCUT2D eigenvalue weighted by Crippen LogP contribution is 2.26. The van der Waals surface area contributed by atoms with Gasteiger partial charge in [-0.25, -0.2) is 0 Å². The van der Waals surface area contributed by atoms with E-state index in [1.165, 1.54) is 19.4 Å². The molecule has 29 heavy (non-hydrogen) atoms. The van der Waals surface area contributed by atoms with Crippen molar-refractivity contribution in [3.8, 4) is 11.4 Å². The van der Waals surface area contributed by atoms with Crippen LogP contribution < -0.4 is 0 Å². The molecule has 7 heteroatoms. The number of furan rings is 1. The van der Waals surface area contributed by atoms with Crippen LogP contribution in [0.3, 0.4) is 0 Å². The fourth-order valence-electron chi connectivity index (χ4n) is 3.46. The molecule has 1 aliphatic rings. The average molecular weight is 418 g/mol. The Morgan fingerprint density at radius 1 is 1.31 bits per heavy atom. The van der Waals surface area contributed by atoms with E-state index in [1.54, 1.807) is 6.92 Å². The second-order valence-electron chi connectivity index (χ2n) is 7.32. The second-order valence-corrected chi connectivity index (χ2v) is 7.74. The fourth-order valence-corrected chi connectivity index (χ4v) is 3.46. The topological polar surface area (TPSA) is 72.4 Å². The lowest BCUT2D eigenvalue weighted by Gasteiger charge is -2.19. The molecule has 0 bridgehead atoms. The first kappa shape index (κ1) is 21.5. The van der Waals surface area contributed by atoms with Gasteiger partial charge in [-0.05, 0) is 62.2 Å². The zero-order valence-electron chi connectivity index (χ0n) is 17.3. The molecule has 4 rings (SSSR count). The zero-order valence-corrected chi connectivity index (χ0v) is 18.0. The average Bonchev–Trinajstić information content (AvgIpc) is 3.45. The van der Waals surface area contributed by atoms with Gasteiger partial charge in [0.05, 0.1) is 0 Å². The lowest BCUT2D eigenvalue weighted by atomic mass is 10.1. The summed E-state index contributed by atoms with van der Waals surface area (Å²) >= 11 is 4.82. The Hall–Kier alpha value is -2.18. The highest BCUT2D eigenvalue weighted by molar-refractivity contribution is 6.63. The van der Waals surface area contributed by atoms with Crippen LogP contribution in [-0.2, 0) is 17.6 Å². The van der Waals surface area contributed by atoms with Gasteiger partial charge in [0.1, 0.15) is 11.3 Å². The maximum Gasteiger partial charge on any atom is 0.226 e. The van der Waals surface area contributed by atoms with Crippen molar-refractivity contribution in [3.63, 3.8) is 0 Å². The first-order valence-corrected chi connectivity index (χ1v) is 10.7. The molecule has 6 nitrogen and oxygen atoms in total. The summed E-state index contributed by atoms with van der Waals surface area (Å²) in [6.45, 7) is 8.31. The van der Waals surface area contributed by atoms with Crippen molar-refractivity contribution in [2.45, 2.75) is 58.9 Å². The van der Waals surface area contributed by atoms with Crippen molar-refractivity contribution in [1.82, 2.24) is 15.0 Å². The second kappa shape index (κ2) is 10.0. The minimum atomic E-state index is -0.273. The van der Waals surface area contributed by atoms with Crippen LogP contribution in [0.4, 0.5) is 0 Å². The smallest absolute Gasteiger partial charge is 0.226 e. The van der Waals surface area contributed by atoms with Crippen molar-refractivity contribution in [2.24, 2.45) is 0 Å². The number of fused-ring (bicyclic) bond motifs is 1. The van der Waals surface area contributed by atoms with Gasteiger partial charge < -0.3 is 13.8 Å². The molecule has 0 saturated carbocycles. The molecule has 156 valence electrons. The van der Waals surface area contributed by atoms with E-state index in [-0.39, 0.29) is 5.24 Å². The van der Waals surface area contributed by atoms with Gasteiger partial charge in [0.2, 0.25) is 17.0 Å². The van der Waals surface area contributed by atoms with Gasteiger partial charge in [-0.15, -0.1) is 0 Å². The predicted octanol–water partition coefficient (Wildman–Crippen LogP) is 5.23. The van der Waals surface area contributed by atoms with Gasteiger partial charge in [-0.1, -0.05) is 19.0 Å². The van der Waals surface area contributed by atoms with Crippen molar-refractivity contribution in [1.29, 1.82) is 0 Å². The summed E-state index contributed by atoms with van der Waals surface area (Å²) in [4.78, 5) is 16.5. The molecule has 1 atom stereocenters. The standard InChI is InChI=1S/C19H23N3O2.C3H5ClO/c1-3-18-20-19(21-24-18)14-6-7-17-15(11-14)12-16(23-17)8-10-22-9-4-5-13(22)2;1-2-3(4)5/h6-7,11-13H,3-5,8-10H2,1-2H3;2H2,1H3/t13-;/m1./s1. The molecule has 0 radical (unpaired) electrons. The van der Waals surface area contributed by atoms with Gasteiger partial charge >= 0.3 is 0 Å². The number of hydrogen-bond acceptors (Lipinski definition) is 6. The third-order valence-electron chi connectivity index (χ3n) is 5.21. The van der Waals surface area contributed by atoms with Crippen LogP contribution in [0, 0.1) is 0 Å². The first-order chi connectivity index (χ1) is 14.0. The van der Waals surface area contributed by atoms with E-state index >= 15 is 0 Å². The Bertz CT molecular complexity index is 950. The van der Waals surface area contributed by atoms with Gasteiger partial charge in [-0.2, -0.15) is 4.98 Å². The van der Waals surface area contributed by atoms with Crippen LogP contribution in [-0.4, -0.2) is 39.4 Å². The minimum absolute atomic E-state index is 0.273. The molecule has 3 aromatic rings. The maximum absolute atomic E-state index is 9.58. The number of nitrogens with zero attached hydrogens (tertiary/aromatic N) is 3. The summed E-state index contributed by atoms with van der Waals surface area (Å²) in [5.41, 5.74) is 1.88. The SMILES string of the molecule is CCC(=O)Cl.CCc1nc(-c2ccc3oc(CCN4CCC[C@H]4C)cc3c2)no1. The molecule has 1 fully saturated rings. The van der Waals surface area contributed by atoms with E-state index in [2.05, 4.69) is 34.1 Å². The number of carbonyl (C=O) groups is 1. The molecule has 1 aromatic carbocycles. The van der Waals surface area contributed by atoms with Crippen molar-refractivity contribution >= 4 is 27.8 Å². The summed E-state index contributed by atoms with van der Waals surface area (Å²) < 4.78 is 11.2. The number of carbonyl (C=O) groups excluding carboxylic acids is 1. The fraction of sp³-hybridized carbons (Fsp3) is 0.500. The lowest BCUT2D eigenvalue weighted by molar-refractivity contribution is -0.111. The van der Waals surface area contributed by atoms with Crippen LogP contribution in [0.2, 0.25) is 0 Å². The predicted molar refractivity (Wildman–Crippen MR) is 114 cm³/mol. The quantitative estimate of drug-likeness (QED) is 0.511.